The lowest BCUT2D eigenvalue weighted by atomic mass is 9.97. The molecule has 1 amide bonds. The van der Waals surface area contributed by atoms with E-state index in [0.29, 0.717) is 25.2 Å². The molecule has 5 rings (SSSR count). The van der Waals surface area contributed by atoms with E-state index in [2.05, 4.69) is 18.7 Å². The number of piperazine rings is 1. The third-order valence-corrected chi connectivity index (χ3v) is 8.85. The molecule has 0 N–H and O–H groups in total. The van der Waals surface area contributed by atoms with Crippen molar-refractivity contribution >= 4 is 32.8 Å². The summed E-state index contributed by atoms with van der Waals surface area (Å²) in [5.74, 6) is 0.772. The molecular weight excluding hydrogens is 476 g/mol. The van der Waals surface area contributed by atoms with E-state index >= 15 is 0 Å². The first kappa shape index (κ1) is 24.6. The number of benzene rings is 1. The lowest BCUT2D eigenvalue weighted by Gasteiger charge is -2.41. The zero-order valence-corrected chi connectivity index (χ0v) is 22.4. The van der Waals surface area contributed by atoms with Crippen LogP contribution in [0.5, 0.6) is 0 Å². The first-order valence-corrected chi connectivity index (χ1v) is 13.9. The summed E-state index contributed by atoms with van der Waals surface area (Å²) < 4.78 is 34.3. The second-order valence-corrected chi connectivity index (χ2v) is 13.0. The van der Waals surface area contributed by atoms with Gasteiger partial charge in [-0.3, -0.25) is 0 Å². The number of anilines is 1. The minimum absolute atomic E-state index is 0.0155. The van der Waals surface area contributed by atoms with Crippen LogP contribution >= 0.6 is 0 Å². The Labute approximate surface area is 212 Å². The van der Waals surface area contributed by atoms with Gasteiger partial charge < -0.3 is 14.5 Å². The van der Waals surface area contributed by atoms with Gasteiger partial charge in [0.05, 0.1) is 10.4 Å². The van der Waals surface area contributed by atoms with Crippen LogP contribution in [0.25, 0.3) is 10.9 Å². The highest BCUT2D eigenvalue weighted by Crippen LogP contribution is 2.52. The Hall–Kier alpha value is -3.07. The molecule has 9 heteroatoms. The molecule has 1 aliphatic carbocycles. The maximum absolute atomic E-state index is 13.7. The second kappa shape index (κ2) is 8.50. The van der Waals surface area contributed by atoms with Crippen molar-refractivity contribution in [3.8, 4) is 0 Å². The average Bonchev–Trinajstić information content (AvgIpc) is 3.43. The number of ether oxygens (including phenoxy) is 1. The van der Waals surface area contributed by atoms with Crippen molar-refractivity contribution in [2.24, 2.45) is 0 Å². The summed E-state index contributed by atoms with van der Waals surface area (Å²) in [5.41, 5.74) is 1.03. The normalized spacial score (nSPS) is 20.0. The predicted molar refractivity (Wildman–Crippen MR) is 140 cm³/mol. The number of pyridine rings is 1. The number of hydrogen-bond acceptors (Lipinski definition) is 6. The first-order chi connectivity index (χ1) is 16.9. The average molecular weight is 511 g/mol. The number of carbonyl (C=O) groups is 1. The molecule has 3 heterocycles. The van der Waals surface area contributed by atoms with Gasteiger partial charge in [0.25, 0.3) is 10.0 Å². The number of carbonyl (C=O) groups excluding carboxylic acids is 1. The number of fused-ring (bicyclic) bond motifs is 1. The summed E-state index contributed by atoms with van der Waals surface area (Å²) in [6, 6.07) is 10.3. The summed E-state index contributed by atoms with van der Waals surface area (Å²) in [6.07, 6.45) is 5.18. The van der Waals surface area contributed by atoms with Crippen molar-refractivity contribution < 1.29 is 17.9 Å². The van der Waals surface area contributed by atoms with Crippen molar-refractivity contribution in [1.29, 1.82) is 0 Å². The molecule has 2 aromatic heterocycles. The van der Waals surface area contributed by atoms with Gasteiger partial charge >= 0.3 is 6.09 Å². The van der Waals surface area contributed by atoms with Gasteiger partial charge in [-0.25, -0.2) is 22.2 Å². The van der Waals surface area contributed by atoms with E-state index in [-0.39, 0.29) is 22.4 Å². The van der Waals surface area contributed by atoms with Crippen molar-refractivity contribution in [3.05, 3.63) is 54.4 Å². The quantitative estimate of drug-likeness (QED) is 0.503. The highest BCUT2D eigenvalue weighted by atomic mass is 32.2. The number of nitrogens with zero attached hydrogens (tertiary/aromatic N) is 4. The lowest BCUT2D eigenvalue weighted by Crippen LogP contribution is -2.54. The van der Waals surface area contributed by atoms with E-state index in [0.717, 1.165) is 29.6 Å². The molecule has 192 valence electrons. The van der Waals surface area contributed by atoms with Crippen molar-refractivity contribution in [2.75, 3.05) is 24.5 Å². The fraction of sp³-hybridized carbons (Fsp3) is 0.481. The Morgan fingerprint density at radius 3 is 2.42 bits per heavy atom. The summed E-state index contributed by atoms with van der Waals surface area (Å²) >= 11 is 0. The van der Waals surface area contributed by atoms with Crippen molar-refractivity contribution in [2.45, 2.75) is 69.4 Å². The van der Waals surface area contributed by atoms with E-state index < -0.39 is 15.6 Å². The minimum Gasteiger partial charge on any atom is -0.444 e. The van der Waals surface area contributed by atoms with E-state index in [1.165, 1.54) is 3.97 Å². The maximum atomic E-state index is 13.7. The molecule has 1 saturated heterocycles. The van der Waals surface area contributed by atoms with Crippen molar-refractivity contribution in [1.82, 2.24) is 13.9 Å². The van der Waals surface area contributed by atoms with Gasteiger partial charge in [-0.1, -0.05) is 25.1 Å². The van der Waals surface area contributed by atoms with Gasteiger partial charge in [0.2, 0.25) is 0 Å². The van der Waals surface area contributed by atoms with Gasteiger partial charge in [0.1, 0.15) is 11.4 Å². The summed E-state index contributed by atoms with van der Waals surface area (Å²) in [4.78, 5) is 21.6. The Bertz CT molecular complexity index is 1400. The zero-order chi connectivity index (χ0) is 25.9. The number of rotatable bonds is 4. The van der Waals surface area contributed by atoms with Crippen LogP contribution in [0.1, 0.15) is 53.0 Å². The molecule has 0 spiro atoms. The first-order valence-electron chi connectivity index (χ1n) is 12.5. The second-order valence-electron chi connectivity index (χ2n) is 11.2. The third-order valence-electron chi connectivity index (χ3n) is 7.16. The monoisotopic (exact) mass is 510 g/mol. The van der Waals surface area contributed by atoms with Crippen LogP contribution in [0.15, 0.2) is 53.7 Å². The largest absolute Gasteiger partial charge is 0.444 e. The summed E-state index contributed by atoms with van der Waals surface area (Å²) in [7, 11) is -3.77. The number of aromatic nitrogens is 2. The van der Waals surface area contributed by atoms with Crippen LogP contribution in [0, 0.1) is 0 Å². The van der Waals surface area contributed by atoms with Crippen LogP contribution in [-0.2, 0) is 20.2 Å². The molecule has 1 saturated carbocycles. The van der Waals surface area contributed by atoms with E-state index in [1.807, 2.05) is 26.8 Å². The molecule has 1 atom stereocenters. The fourth-order valence-electron chi connectivity index (χ4n) is 4.94. The third kappa shape index (κ3) is 4.34. The molecule has 3 aromatic rings. The highest BCUT2D eigenvalue weighted by molar-refractivity contribution is 7.90. The van der Waals surface area contributed by atoms with Gasteiger partial charge in [-0.05, 0) is 69.7 Å². The molecular formula is C27H34N4O4S. The van der Waals surface area contributed by atoms with Crippen LogP contribution in [-0.4, -0.2) is 59.6 Å². The molecule has 2 aliphatic rings. The number of hydrogen-bond donors (Lipinski definition) is 0. The van der Waals surface area contributed by atoms with Gasteiger partial charge in [-0.15, -0.1) is 0 Å². The Kier molecular flexibility index (Phi) is 5.82. The van der Waals surface area contributed by atoms with Crippen molar-refractivity contribution in [3.63, 3.8) is 0 Å². The molecule has 1 unspecified atom stereocenters. The van der Waals surface area contributed by atoms with Gasteiger partial charge in [0, 0.05) is 43.5 Å². The van der Waals surface area contributed by atoms with E-state index in [4.69, 9.17) is 9.72 Å². The molecule has 36 heavy (non-hydrogen) atoms. The van der Waals surface area contributed by atoms with Crippen LogP contribution in [0.4, 0.5) is 10.6 Å². The Balaban J connectivity index is 1.56. The Morgan fingerprint density at radius 2 is 1.81 bits per heavy atom. The van der Waals surface area contributed by atoms with Crippen LogP contribution < -0.4 is 4.90 Å². The van der Waals surface area contributed by atoms with Crippen LogP contribution in [0.3, 0.4) is 0 Å². The lowest BCUT2D eigenvalue weighted by molar-refractivity contribution is 0.0218. The van der Waals surface area contributed by atoms with E-state index in [9.17, 15) is 13.2 Å². The highest BCUT2D eigenvalue weighted by Gasteiger charge is 2.43. The molecule has 1 aromatic carbocycles. The summed E-state index contributed by atoms with van der Waals surface area (Å²) in [5, 5.41) is 0.884. The summed E-state index contributed by atoms with van der Waals surface area (Å²) in [6.45, 7) is 11.4. The Morgan fingerprint density at radius 1 is 1.11 bits per heavy atom. The van der Waals surface area contributed by atoms with E-state index in [1.54, 1.807) is 47.6 Å². The van der Waals surface area contributed by atoms with Gasteiger partial charge in [0.15, 0.2) is 0 Å². The maximum Gasteiger partial charge on any atom is 0.410 e. The molecule has 2 fully saturated rings. The number of amides is 1. The van der Waals surface area contributed by atoms with Gasteiger partial charge in [-0.2, -0.15) is 0 Å². The smallest absolute Gasteiger partial charge is 0.410 e. The van der Waals surface area contributed by atoms with Crippen LogP contribution in [0.2, 0.25) is 0 Å². The molecule has 8 nitrogen and oxygen atoms in total. The topological polar surface area (TPSA) is 84.7 Å². The molecule has 1 aliphatic heterocycles. The predicted octanol–water partition coefficient (Wildman–Crippen LogP) is 4.77. The SMILES string of the molecule is CC1CN(C(=O)OC(C)(C)C)CCN1c1nccc2c1c(C1(C)CC1)cn2S(=O)(=O)c1ccccc1. The zero-order valence-electron chi connectivity index (χ0n) is 21.6. The molecule has 0 radical (unpaired) electrons. The standard InChI is InChI=1S/C27H34N4O4S/c1-19-17-29(25(32)35-26(2,3)4)15-16-30(19)24-23-21(27(5)12-13-27)18-31(22(23)11-14-28-24)36(33,34)20-9-7-6-8-10-20/h6-11,14,18-19H,12-13,15-17H2,1-5H3. The fourth-order valence-corrected chi connectivity index (χ4v) is 6.32. The molecule has 0 bridgehead atoms. The minimum atomic E-state index is -3.77.